The normalized spacial score (nSPS) is 11.3. The van der Waals surface area contributed by atoms with E-state index < -0.39 is 0 Å². The molecule has 0 saturated carbocycles. The van der Waals surface area contributed by atoms with Crippen molar-refractivity contribution in [1.29, 1.82) is 0 Å². The van der Waals surface area contributed by atoms with Gasteiger partial charge in [-0.25, -0.2) is 4.79 Å². The van der Waals surface area contributed by atoms with Gasteiger partial charge in [-0.2, -0.15) is 0 Å². The Balaban J connectivity index is 3.77. The molecule has 58 valence electrons. The Morgan fingerprint density at radius 2 is 2.30 bits per heavy atom. The molecular formula is C7H11BrO2. The number of allylic oxidation sites excluding steroid dienone is 1. The molecule has 0 aromatic rings. The van der Waals surface area contributed by atoms with Gasteiger partial charge in [0.05, 0.1) is 7.11 Å². The van der Waals surface area contributed by atoms with Gasteiger partial charge in [0.25, 0.3) is 0 Å². The SMILES string of the molecule is COC(=O)/C=C(/C)CCBr. The van der Waals surface area contributed by atoms with Crippen LogP contribution in [0.25, 0.3) is 0 Å². The largest absolute Gasteiger partial charge is 0.466 e. The highest BCUT2D eigenvalue weighted by Crippen LogP contribution is 2.01. The van der Waals surface area contributed by atoms with Crippen molar-refractivity contribution in [3.05, 3.63) is 11.6 Å². The number of hydrogen-bond acceptors (Lipinski definition) is 2. The molecule has 0 saturated heterocycles. The number of carbonyl (C=O) groups excluding carboxylic acids is 1. The molecule has 0 N–H and O–H groups in total. The number of carbonyl (C=O) groups is 1. The van der Waals surface area contributed by atoms with Crippen LogP contribution in [0.1, 0.15) is 13.3 Å². The lowest BCUT2D eigenvalue weighted by molar-refractivity contribution is -0.134. The molecule has 0 radical (unpaired) electrons. The zero-order valence-electron chi connectivity index (χ0n) is 6.19. The minimum Gasteiger partial charge on any atom is -0.466 e. The molecule has 0 spiro atoms. The average molecular weight is 207 g/mol. The van der Waals surface area contributed by atoms with Gasteiger partial charge in [-0.3, -0.25) is 0 Å². The van der Waals surface area contributed by atoms with E-state index in [4.69, 9.17) is 0 Å². The second-order valence-electron chi connectivity index (χ2n) is 1.95. The smallest absolute Gasteiger partial charge is 0.330 e. The highest BCUT2D eigenvalue weighted by Gasteiger charge is 1.94. The Kier molecular flexibility index (Phi) is 5.30. The van der Waals surface area contributed by atoms with E-state index in [0.717, 1.165) is 17.3 Å². The van der Waals surface area contributed by atoms with Gasteiger partial charge in [-0.1, -0.05) is 21.5 Å². The molecule has 0 aromatic carbocycles. The van der Waals surface area contributed by atoms with E-state index in [-0.39, 0.29) is 5.97 Å². The highest BCUT2D eigenvalue weighted by atomic mass is 79.9. The van der Waals surface area contributed by atoms with Crippen molar-refractivity contribution < 1.29 is 9.53 Å². The Hall–Kier alpha value is -0.310. The van der Waals surface area contributed by atoms with E-state index in [0.29, 0.717) is 0 Å². The third-order valence-electron chi connectivity index (χ3n) is 1.05. The first-order valence-corrected chi connectivity index (χ1v) is 4.14. The molecule has 10 heavy (non-hydrogen) atoms. The third-order valence-corrected chi connectivity index (χ3v) is 1.45. The predicted octanol–water partition coefficient (Wildman–Crippen LogP) is 1.89. The minimum absolute atomic E-state index is 0.279. The predicted molar refractivity (Wildman–Crippen MR) is 44.2 cm³/mol. The first-order chi connectivity index (χ1) is 4.70. The first kappa shape index (κ1) is 9.69. The number of methoxy groups -OCH3 is 1. The number of alkyl halides is 1. The molecule has 0 aliphatic heterocycles. The summed E-state index contributed by atoms with van der Waals surface area (Å²) in [5.74, 6) is -0.279. The van der Waals surface area contributed by atoms with Crippen molar-refractivity contribution in [3.8, 4) is 0 Å². The van der Waals surface area contributed by atoms with E-state index in [2.05, 4.69) is 20.7 Å². The lowest BCUT2D eigenvalue weighted by atomic mass is 10.2. The molecule has 3 heteroatoms. The summed E-state index contributed by atoms with van der Waals surface area (Å²) in [5, 5.41) is 0.881. The Morgan fingerprint density at radius 1 is 1.70 bits per heavy atom. The summed E-state index contributed by atoms with van der Waals surface area (Å²) in [6.45, 7) is 1.90. The minimum atomic E-state index is -0.279. The van der Waals surface area contributed by atoms with E-state index in [1.54, 1.807) is 0 Å². The van der Waals surface area contributed by atoms with Crippen molar-refractivity contribution in [1.82, 2.24) is 0 Å². The van der Waals surface area contributed by atoms with Crippen LogP contribution in [-0.2, 0) is 9.53 Å². The van der Waals surface area contributed by atoms with Gasteiger partial charge >= 0.3 is 5.97 Å². The number of ether oxygens (including phenoxy) is 1. The fourth-order valence-corrected chi connectivity index (χ4v) is 1.11. The second-order valence-corrected chi connectivity index (χ2v) is 2.75. The van der Waals surface area contributed by atoms with Gasteiger partial charge < -0.3 is 4.74 Å². The van der Waals surface area contributed by atoms with Crippen molar-refractivity contribution >= 4 is 21.9 Å². The molecule has 2 nitrogen and oxygen atoms in total. The van der Waals surface area contributed by atoms with Crippen LogP contribution in [-0.4, -0.2) is 18.4 Å². The third kappa shape index (κ3) is 4.56. The van der Waals surface area contributed by atoms with E-state index in [1.165, 1.54) is 13.2 Å². The molecule has 0 aliphatic rings. The molecule has 0 heterocycles. The lowest BCUT2D eigenvalue weighted by Crippen LogP contribution is -1.95. The van der Waals surface area contributed by atoms with Crippen molar-refractivity contribution in [3.63, 3.8) is 0 Å². The first-order valence-electron chi connectivity index (χ1n) is 3.01. The van der Waals surface area contributed by atoms with Crippen molar-refractivity contribution in [2.24, 2.45) is 0 Å². The summed E-state index contributed by atoms with van der Waals surface area (Å²) in [6.07, 6.45) is 2.39. The summed E-state index contributed by atoms with van der Waals surface area (Å²) in [5.41, 5.74) is 1.03. The summed E-state index contributed by atoms with van der Waals surface area (Å²) in [6, 6.07) is 0. The summed E-state index contributed by atoms with van der Waals surface area (Å²) < 4.78 is 4.44. The van der Waals surface area contributed by atoms with Crippen LogP contribution in [0.4, 0.5) is 0 Å². The van der Waals surface area contributed by atoms with Gasteiger partial charge in [0, 0.05) is 11.4 Å². The molecule has 0 amide bonds. The molecule has 0 bridgehead atoms. The monoisotopic (exact) mass is 206 g/mol. The average Bonchev–Trinajstić information content (AvgIpc) is 1.88. The Labute approximate surface area is 69.4 Å². The molecule has 0 aromatic heterocycles. The van der Waals surface area contributed by atoms with Crippen molar-refractivity contribution in [2.45, 2.75) is 13.3 Å². The van der Waals surface area contributed by atoms with Crippen LogP contribution >= 0.6 is 15.9 Å². The zero-order valence-corrected chi connectivity index (χ0v) is 7.77. The standard InChI is InChI=1S/C7H11BrO2/c1-6(3-4-8)5-7(9)10-2/h5H,3-4H2,1-2H3/b6-5-. The molecule has 0 unspecified atom stereocenters. The van der Waals surface area contributed by atoms with Gasteiger partial charge in [0.2, 0.25) is 0 Å². The van der Waals surface area contributed by atoms with Crippen LogP contribution in [0.15, 0.2) is 11.6 Å². The van der Waals surface area contributed by atoms with E-state index >= 15 is 0 Å². The summed E-state index contributed by atoms with van der Waals surface area (Å²) >= 11 is 3.27. The molecule has 0 rings (SSSR count). The zero-order chi connectivity index (χ0) is 7.98. The Bertz CT molecular complexity index is 141. The highest BCUT2D eigenvalue weighted by molar-refractivity contribution is 9.09. The molecule has 0 atom stereocenters. The van der Waals surface area contributed by atoms with Crippen molar-refractivity contribution in [2.75, 3.05) is 12.4 Å². The fourth-order valence-electron chi connectivity index (χ4n) is 0.481. The van der Waals surface area contributed by atoms with Crippen LogP contribution < -0.4 is 0 Å². The van der Waals surface area contributed by atoms with Crippen LogP contribution in [0, 0.1) is 0 Å². The molecular weight excluding hydrogens is 196 g/mol. The topological polar surface area (TPSA) is 26.3 Å². The fraction of sp³-hybridized carbons (Fsp3) is 0.571. The maximum absolute atomic E-state index is 10.6. The number of esters is 1. The van der Waals surface area contributed by atoms with Gasteiger partial charge in [0.1, 0.15) is 0 Å². The van der Waals surface area contributed by atoms with Gasteiger partial charge in [-0.05, 0) is 13.3 Å². The van der Waals surface area contributed by atoms with Crippen LogP contribution in [0.5, 0.6) is 0 Å². The van der Waals surface area contributed by atoms with Crippen LogP contribution in [0.2, 0.25) is 0 Å². The number of halogens is 1. The quantitative estimate of drug-likeness (QED) is 0.401. The number of hydrogen-bond donors (Lipinski definition) is 0. The maximum Gasteiger partial charge on any atom is 0.330 e. The van der Waals surface area contributed by atoms with Gasteiger partial charge in [-0.15, -0.1) is 0 Å². The Morgan fingerprint density at radius 3 is 2.70 bits per heavy atom. The maximum atomic E-state index is 10.6. The number of rotatable bonds is 3. The van der Waals surface area contributed by atoms with Gasteiger partial charge in [0.15, 0.2) is 0 Å². The van der Waals surface area contributed by atoms with E-state index in [1.807, 2.05) is 6.92 Å². The second kappa shape index (κ2) is 5.47. The summed E-state index contributed by atoms with van der Waals surface area (Å²) in [7, 11) is 1.38. The van der Waals surface area contributed by atoms with Crippen LogP contribution in [0.3, 0.4) is 0 Å². The lowest BCUT2D eigenvalue weighted by Gasteiger charge is -1.95. The molecule has 0 fully saturated rings. The molecule has 0 aliphatic carbocycles. The summed E-state index contributed by atoms with van der Waals surface area (Å²) in [4.78, 5) is 10.6. The van der Waals surface area contributed by atoms with E-state index in [9.17, 15) is 4.79 Å².